The topological polar surface area (TPSA) is 72.6 Å². The first-order valence-electron chi connectivity index (χ1n) is 5.42. The van der Waals surface area contributed by atoms with E-state index in [0.29, 0.717) is 17.1 Å². The van der Waals surface area contributed by atoms with Gasteiger partial charge in [0.1, 0.15) is 17.3 Å². The quantitative estimate of drug-likeness (QED) is 0.679. The van der Waals surface area contributed by atoms with Crippen molar-refractivity contribution < 1.29 is 19.2 Å². The fourth-order valence-corrected chi connectivity index (χ4v) is 1.53. The number of aliphatic hydroxyl groups excluding tert-OH is 1. The molecular formula is C13H10FNO4. The van der Waals surface area contributed by atoms with Crippen molar-refractivity contribution in [3.8, 4) is 11.5 Å². The lowest BCUT2D eigenvalue weighted by Gasteiger charge is -2.09. The van der Waals surface area contributed by atoms with E-state index in [4.69, 9.17) is 9.84 Å². The highest BCUT2D eigenvalue weighted by Crippen LogP contribution is 2.27. The van der Waals surface area contributed by atoms with Crippen LogP contribution in [-0.2, 0) is 6.61 Å². The van der Waals surface area contributed by atoms with E-state index < -0.39 is 10.7 Å². The van der Waals surface area contributed by atoms with Gasteiger partial charge < -0.3 is 9.84 Å². The molecule has 0 heterocycles. The highest BCUT2D eigenvalue weighted by Gasteiger charge is 2.08. The molecule has 2 aromatic rings. The molecule has 19 heavy (non-hydrogen) atoms. The SMILES string of the molecule is O=[N+]([O-])c1ccc(Oc2ccc(F)cc2CO)cc1. The molecule has 2 aromatic carbocycles. The molecule has 0 unspecified atom stereocenters. The fourth-order valence-electron chi connectivity index (χ4n) is 1.53. The van der Waals surface area contributed by atoms with Crippen molar-refractivity contribution in [2.24, 2.45) is 0 Å². The third-order valence-corrected chi connectivity index (χ3v) is 2.47. The van der Waals surface area contributed by atoms with Crippen molar-refractivity contribution in [1.29, 1.82) is 0 Å². The van der Waals surface area contributed by atoms with E-state index >= 15 is 0 Å². The average molecular weight is 263 g/mol. The Morgan fingerprint density at radius 2 is 1.89 bits per heavy atom. The van der Waals surface area contributed by atoms with Gasteiger partial charge in [0.2, 0.25) is 0 Å². The molecule has 1 N–H and O–H groups in total. The summed E-state index contributed by atoms with van der Waals surface area (Å²) in [6, 6.07) is 9.24. The number of rotatable bonds is 4. The van der Waals surface area contributed by atoms with E-state index in [9.17, 15) is 14.5 Å². The Morgan fingerprint density at radius 3 is 2.47 bits per heavy atom. The molecule has 0 aromatic heterocycles. The monoisotopic (exact) mass is 263 g/mol. The summed E-state index contributed by atoms with van der Waals surface area (Å²) in [5.74, 6) is 0.199. The minimum absolute atomic E-state index is 0.0474. The standard InChI is InChI=1S/C13H10FNO4/c14-10-1-6-13(9(7-10)8-16)19-12-4-2-11(3-5-12)15(17)18/h1-7,16H,8H2. The third-order valence-electron chi connectivity index (χ3n) is 2.47. The summed E-state index contributed by atoms with van der Waals surface area (Å²) in [6.07, 6.45) is 0. The number of hydrogen-bond acceptors (Lipinski definition) is 4. The third kappa shape index (κ3) is 3.05. The fraction of sp³-hybridized carbons (Fsp3) is 0.0769. The van der Waals surface area contributed by atoms with Crippen LogP contribution < -0.4 is 4.74 Å². The first-order valence-corrected chi connectivity index (χ1v) is 5.42. The molecule has 5 nitrogen and oxygen atoms in total. The van der Waals surface area contributed by atoms with Gasteiger partial charge in [0.25, 0.3) is 5.69 Å². The van der Waals surface area contributed by atoms with Crippen molar-refractivity contribution in [2.75, 3.05) is 0 Å². The summed E-state index contributed by atoms with van der Waals surface area (Å²) in [7, 11) is 0. The number of benzene rings is 2. The van der Waals surface area contributed by atoms with E-state index in [-0.39, 0.29) is 12.3 Å². The van der Waals surface area contributed by atoms with Crippen LogP contribution in [0.4, 0.5) is 10.1 Å². The van der Waals surface area contributed by atoms with Gasteiger partial charge >= 0.3 is 0 Å². The summed E-state index contributed by atoms with van der Waals surface area (Å²) >= 11 is 0. The molecule has 0 atom stereocenters. The van der Waals surface area contributed by atoms with Gasteiger partial charge in [-0.25, -0.2) is 4.39 Å². The Kier molecular flexibility index (Phi) is 3.72. The maximum Gasteiger partial charge on any atom is 0.269 e. The molecule has 0 saturated carbocycles. The Balaban J connectivity index is 2.23. The van der Waals surface area contributed by atoms with Gasteiger partial charge in [0.05, 0.1) is 11.5 Å². The molecule has 0 aliphatic carbocycles. The van der Waals surface area contributed by atoms with Crippen molar-refractivity contribution in [2.45, 2.75) is 6.61 Å². The van der Waals surface area contributed by atoms with Crippen LogP contribution >= 0.6 is 0 Å². The zero-order valence-electron chi connectivity index (χ0n) is 9.75. The zero-order chi connectivity index (χ0) is 13.8. The van der Waals surface area contributed by atoms with Crippen LogP contribution in [0.2, 0.25) is 0 Å². The summed E-state index contributed by atoms with van der Waals surface area (Å²) in [4.78, 5) is 9.99. The van der Waals surface area contributed by atoms with Crippen LogP contribution in [0.1, 0.15) is 5.56 Å². The molecule has 2 rings (SSSR count). The number of ether oxygens (including phenoxy) is 1. The molecule has 0 saturated heterocycles. The predicted octanol–water partition coefficient (Wildman–Crippen LogP) is 3.02. The van der Waals surface area contributed by atoms with Gasteiger partial charge in [-0.3, -0.25) is 10.1 Å². The second-order valence-corrected chi connectivity index (χ2v) is 3.76. The Bertz CT molecular complexity index is 598. The summed E-state index contributed by atoms with van der Waals surface area (Å²) in [5.41, 5.74) is 0.257. The Hall–Kier alpha value is -2.47. The van der Waals surface area contributed by atoms with Gasteiger partial charge in [0, 0.05) is 17.7 Å². The lowest BCUT2D eigenvalue weighted by molar-refractivity contribution is -0.384. The molecule has 0 spiro atoms. The van der Waals surface area contributed by atoms with Crippen LogP contribution in [-0.4, -0.2) is 10.0 Å². The number of non-ortho nitro benzene ring substituents is 1. The molecular weight excluding hydrogens is 253 g/mol. The minimum Gasteiger partial charge on any atom is -0.457 e. The molecule has 0 fully saturated rings. The van der Waals surface area contributed by atoms with Crippen molar-refractivity contribution in [3.63, 3.8) is 0 Å². The molecule has 6 heteroatoms. The number of nitrogens with zero attached hydrogens (tertiary/aromatic N) is 1. The van der Waals surface area contributed by atoms with Crippen LogP contribution in [0.3, 0.4) is 0 Å². The first-order chi connectivity index (χ1) is 9.10. The van der Waals surface area contributed by atoms with Gasteiger partial charge in [-0.05, 0) is 30.3 Å². The predicted molar refractivity (Wildman–Crippen MR) is 65.5 cm³/mol. The number of nitro groups is 1. The average Bonchev–Trinajstić information content (AvgIpc) is 2.41. The Morgan fingerprint density at radius 1 is 1.21 bits per heavy atom. The smallest absolute Gasteiger partial charge is 0.269 e. The normalized spacial score (nSPS) is 10.2. The maximum atomic E-state index is 13.0. The van der Waals surface area contributed by atoms with Crippen LogP contribution in [0, 0.1) is 15.9 Å². The molecule has 0 amide bonds. The van der Waals surface area contributed by atoms with Gasteiger partial charge in [-0.1, -0.05) is 0 Å². The highest BCUT2D eigenvalue weighted by molar-refractivity contribution is 5.41. The number of nitro benzene ring substituents is 1. The molecule has 98 valence electrons. The van der Waals surface area contributed by atoms with Gasteiger partial charge in [-0.2, -0.15) is 0 Å². The number of aliphatic hydroxyl groups is 1. The molecule has 0 radical (unpaired) electrons. The first kappa shape index (κ1) is 13.0. The van der Waals surface area contributed by atoms with E-state index in [1.807, 2.05) is 0 Å². The van der Waals surface area contributed by atoms with Crippen molar-refractivity contribution in [3.05, 3.63) is 64.0 Å². The summed E-state index contributed by atoms with van der Waals surface area (Å²) in [5, 5.41) is 19.6. The Labute approximate surface area is 108 Å². The second-order valence-electron chi connectivity index (χ2n) is 3.76. The van der Waals surface area contributed by atoms with Gasteiger partial charge in [-0.15, -0.1) is 0 Å². The van der Waals surface area contributed by atoms with Gasteiger partial charge in [0.15, 0.2) is 0 Å². The van der Waals surface area contributed by atoms with Crippen LogP contribution in [0.15, 0.2) is 42.5 Å². The second kappa shape index (κ2) is 5.45. The molecule has 0 bridgehead atoms. The highest BCUT2D eigenvalue weighted by atomic mass is 19.1. The van der Waals surface area contributed by atoms with Crippen LogP contribution in [0.25, 0.3) is 0 Å². The lowest BCUT2D eigenvalue weighted by atomic mass is 10.2. The van der Waals surface area contributed by atoms with E-state index in [0.717, 1.165) is 0 Å². The minimum atomic E-state index is -0.513. The van der Waals surface area contributed by atoms with Crippen molar-refractivity contribution in [1.82, 2.24) is 0 Å². The van der Waals surface area contributed by atoms with Crippen molar-refractivity contribution >= 4 is 5.69 Å². The lowest BCUT2D eigenvalue weighted by Crippen LogP contribution is -1.93. The van der Waals surface area contributed by atoms with E-state index in [1.165, 1.54) is 42.5 Å². The van der Waals surface area contributed by atoms with E-state index in [1.54, 1.807) is 0 Å². The summed E-state index contributed by atoms with van der Waals surface area (Å²) in [6.45, 7) is -0.361. The molecule has 0 aliphatic rings. The molecule has 0 aliphatic heterocycles. The zero-order valence-corrected chi connectivity index (χ0v) is 9.75. The number of halogens is 1. The summed E-state index contributed by atoms with van der Waals surface area (Å²) < 4.78 is 18.4. The maximum absolute atomic E-state index is 13.0. The number of hydrogen-bond donors (Lipinski definition) is 1. The van der Waals surface area contributed by atoms with Crippen LogP contribution in [0.5, 0.6) is 11.5 Å². The van der Waals surface area contributed by atoms with E-state index in [2.05, 4.69) is 0 Å². The largest absolute Gasteiger partial charge is 0.457 e.